The van der Waals surface area contributed by atoms with Gasteiger partial charge in [-0.2, -0.15) is 0 Å². The number of hydrogen-bond donors (Lipinski definition) is 0. The molecule has 14 heavy (non-hydrogen) atoms. The second-order valence-electron chi connectivity index (χ2n) is 3.82. The third-order valence-corrected chi connectivity index (χ3v) is 2.73. The maximum Gasteiger partial charge on any atom is 0.133 e. The van der Waals surface area contributed by atoms with Crippen LogP contribution in [0.15, 0.2) is 18.6 Å². The van der Waals surface area contributed by atoms with Crippen LogP contribution in [0.2, 0.25) is 0 Å². The highest BCUT2D eigenvalue weighted by molar-refractivity contribution is 5.79. The van der Waals surface area contributed by atoms with E-state index in [0.29, 0.717) is 18.1 Å². The van der Waals surface area contributed by atoms with Gasteiger partial charge >= 0.3 is 0 Å². The quantitative estimate of drug-likeness (QED) is 0.637. The van der Waals surface area contributed by atoms with Gasteiger partial charge in [0.25, 0.3) is 0 Å². The van der Waals surface area contributed by atoms with Crippen LogP contribution in [0.3, 0.4) is 0 Å². The van der Waals surface area contributed by atoms with E-state index in [0.717, 1.165) is 31.4 Å². The van der Waals surface area contributed by atoms with E-state index >= 15 is 0 Å². The average molecular weight is 190 g/mol. The summed E-state index contributed by atoms with van der Waals surface area (Å²) in [6.45, 7) is 0. The molecule has 0 N–H and O–H groups in total. The molecule has 0 amide bonds. The molecule has 3 nitrogen and oxygen atoms in total. The lowest BCUT2D eigenvalue weighted by atomic mass is 9.97. The van der Waals surface area contributed by atoms with Gasteiger partial charge in [-0.25, -0.2) is 0 Å². The number of hydrogen-bond acceptors (Lipinski definition) is 3. The fourth-order valence-corrected chi connectivity index (χ4v) is 1.97. The molecule has 0 radical (unpaired) electrons. The predicted molar refractivity (Wildman–Crippen MR) is 52.9 cm³/mol. The SMILES string of the molecule is O=C1CCCCC(c2cnccn2)C1. The lowest BCUT2D eigenvalue weighted by Gasteiger charge is -2.10. The van der Waals surface area contributed by atoms with Crippen LogP contribution < -0.4 is 0 Å². The van der Waals surface area contributed by atoms with E-state index in [1.54, 1.807) is 18.6 Å². The summed E-state index contributed by atoms with van der Waals surface area (Å²) in [7, 11) is 0. The molecule has 1 aromatic heterocycles. The van der Waals surface area contributed by atoms with E-state index in [4.69, 9.17) is 0 Å². The molecule has 2 rings (SSSR count). The summed E-state index contributed by atoms with van der Waals surface area (Å²) in [5.74, 6) is 0.678. The van der Waals surface area contributed by atoms with E-state index in [-0.39, 0.29) is 0 Å². The molecule has 1 aliphatic carbocycles. The predicted octanol–water partition coefficient (Wildman–Crippen LogP) is 2.09. The Morgan fingerprint density at radius 2 is 2.21 bits per heavy atom. The molecular weight excluding hydrogens is 176 g/mol. The molecule has 1 saturated carbocycles. The fourth-order valence-electron chi connectivity index (χ4n) is 1.97. The van der Waals surface area contributed by atoms with Crippen LogP contribution in [0, 0.1) is 0 Å². The Bertz CT molecular complexity index is 310. The average Bonchev–Trinajstić information content (AvgIpc) is 2.44. The summed E-state index contributed by atoms with van der Waals surface area (Å²) in [5, 5.41) is 0. The number of carbonyl (C=O) groups excluding carboxylic acids is 1. The lowest BCUT2D eigenvalue weighted by molar-refractivity contribution is -0.119. The van der Waals surface area contributed by atoms with Crippen LogP contribution in [0.4, 0.5) is 0 Å². The molecule has 1 unspecified atom stereocenters. The first-order valence-corrected chi connectivity index (χ1v) is 5.14. The maximum atomic E-state index is 11.4. The number of rotatable bonds is 1. The number of Topliss-reactive ketones (excluding diaryl/α,β-unsaturated/α-hetero) is 1. The largest absolute Gasteiger partial charge is 0.300 e. The Kier molecular flexibility index (Phi) is 2.87. The van der Waals surface area contributed by atoms with E-state index < -0.39 is 0 Å². The van der Waals surface area contributed by atoms with Gasteiger partial charge in [0.1, 0.15) is 5.78 Å². The van der Waals surface area contributed by atoms with Crippen molar-refractivity contribution >= 4 is 5.78 Å². The topological polar surface area (TPSA) is 42.9 Å². The highest BCUT2D eigenvalue weighted by Gasteiger charge is 2.20. The second-order valence-corrected chi connectivity index (χ2v) is 3.82. The maximum absolute atomic E-state index is 11.4. The zero-order valence-corrected chi connectivity index (χ0v) is 8.15. The van der Waals surface area contributed by atoms with Crippen molar-refractivity contribution in [2.45, 2.75) is 38.0 Å². The van der Waals surface area contributed by atoms with Gasteiger partial charge in [0.2, 0.25) is 0 Å². The van der Waals surface area contributed by atoms with E-state index in [9.17, 15) is 4.79 Å². The summed E-state index contributed by atoms with van der Waals surface area (Å²) in [6.07, 6.45) is 9.79. The van der Waals surface area contributed by atoms with Crippen molar-refractivity contribution in [2.75, 3.05) is 0 Å². The lowest BCUT2D eigenvalue weighted by Crippen LogP contribution is -2.05. The van der Waals surface area contributed by atoms with Gasteiger partial charge < -0.3 is 0 Å². The standard InChI is InChI=1S/C11H14N2O/c14-10-4-2-1-3-9(7-10)11-8-12-5-6-13-11/h5-6,8-9H,1-4,7H2. The van der Waals surface area contributed by atoms with E-state index in [1.807, 2.05) is 0 Å². The van der Waals surface area contributed by atoms with E-state index in [1.165, 1.54) is 0 Å². The summed E-state index contributed by atoms with van der Waals surface area (Å²) >= 11 is 0. The van der Waals surface area contributed by atoms with Crippen molar-refractivity contribution < 1.29 is 4.79 Å². The Balaban J connectivity index is 2.13. The van der Waals surface area contributed by atoms with Crippen molar-refractivity contribution in [3.8, 4) is 0 Å². The Labute approximate surface area is 83.6 Å². The molecule has 0 bridgehead atoms. The number of carbonyl (C=O) groups is 1. The zero-order valence-electron chi connectivity index (χ0n) is 8.15. The summed E-state index contributed by atoms with van der Waals surface area (Å²) < 4.78 is 0. The normalized spacial score (nSPS) is 23.1. The Morgan fingerprint density at radius 1 is 1.29 bits per heavy atom. The third-order valence-electron chi connectivity index (χ3n) is 2.73. The minimum absolute atomic E-state index is 0.304. The summed E-state index contributed by atoms with van der Waals surface area (Å²) in [4.78, 5) is 19.7. The molecule has 3 heteroatoms. The third kappa shape index (κ3) is 2.16. The first-order chi connectivity index (χ1) is 6.86. The van der Waals surface area contributed by atoms with Gasteiger partial charge in [0, 0.05) is 37.4 Å². The molecule has 1 aromatic rings. The van der Waals surface area contributed by atoms with Crippen molar-refractivity contribution in [2.24, 2.45) is 0 Å². The number of aromatic nitrogens is 2. The van der Waals surface area contributed by atoms with Gasteiger partial charge in [-0.15, -0.1) is 0 Å². The van der Waals surface area contributed by atoms with Gasteiger partial charge in [0.15, 0.2) is 0 Å². The van der Waals surface area contributed by atoms with Crippen LogP contribution in [-0.4, -0.2) is 15.8 Å². The first kappa shape index (κ1) is 9.31. The molecule has 0 aromatic carbocycles. The van der Waals surface area contributed by atoms with Crippen LogP contribution in [0.25, 0.3) is 0 Å². The van der Waals surface area contributed by atoms with Crippen molar-refractivity contribution in [1.82, 2.24) is 9.97 Å². The number of nitrogens with zero attached hydrogens (tertiary/aromatic N) is 2. The Hall–Kier alpha value is -1.25. The molecule has 1 fully saturated rings. The summed E-state index contributed by atoms with van der Waals surface area (Å²) in [5.41, 5.74) is 0.975. The van der Waals surface area contributed by atoms with Crippen LogP contribution in [-0.2, 0) is 4.79 Å². The van der Waals surface area contributed by atoms with Crippen LogP contribution >= 0.6 is 0 Å². The van der Waals surface area contributed by atoms with Crippen LogP contribution in [0.5, 0.6) is 0 Å². The molecule has 1 atom stereocenters. The van der Waals surface area contributed by atoms with Crippen LogP contribution in [0.1, 0.15) is 43.7 Å². The molecule has 1 heterocycles. The fraction of sp³-hybridized carbons (Fsp3) is 0.545. The first-order valence-electron chi connectivity index (χ1n) is 5.14. The van der Waals surface area contributed by atoms with Crippen molar-refractivity contribution in [3.63, 3.8) is 0 Å². The second kappa shape index (κ2) is 4.31. The molecule has 0 aliphatic heterocycles. The van der Waals surface area contributed by atoms with Crippen molar-refractivity contribution in [3.05, 3.63) is 24.3 Å². The zero-order chi connectivity index (χ0) is 9.80. The Morgan fingerprint density at radius 3 is 3.00 bits per heavy atom. The summed E-state index contributed by atoms with van der Waals surface area (Å²) in [6, 6.07) is 0. The van der Waals surface area contributed by atoms with Gasteiger partial charge in [-0.1, -0.05) is 6.42 Å². The molecule has 0 saturated heterocycles. The van der Waals surface area contributed by atoms with E-state index in [2.05, 4.69) is 9.97 Å². The minimum Gasteiger partial charge on any atom is -0.300 e. The smallest absolute Gasteiger partial charge is 0.133 e. The monoisotopic (exact) mass is 190 g/mol. The van der Waals surface area contributed by atoms with Gasteiger partial charge in [-0.05, 0) is 12.8 Å². The van der Waals surface area contributed by atoms with Gasteiger partial charge in [0.05, 0.1) is 5.69 Å². The number of ketones is 1. The van der Waals surface area contributed by atoms with Crippen molar-refractivity contribution in [1.29, 1.82) is 0 Å². The minimum atomic E-state index is 0.304. The van der Waals surface area contributed by atoms with Gasteiger partial charge in [-0.3, -0.25) is 14.8 Å². The molecule has 0 spiro atoms. The molecule has 1 aliphatic rings. The molecule has 74 valence electrons. The molecular formula is C11H14N2O. The highest BCUT2D eigenvalue weighted by Crippen LogP contribution is 2.27. The highest BCUT2D eigenvalue weighted by atomic mass is 16.1.